The van der Waals surface area contributed by atoms with Crippen LogP contribution in [0.5, 0.6) is 0 Å². The van der Waals surface area contributed by atoms with Gasteiger partial charge in [0, 0.05) is 33.4 Å². The predicted octanol–water partition coefficient (Wildman–Crippen LogP) is 13.3. The fourth-order valence-corrected chi connectivity index (χ4v) is 6.89. The summed E-state index contributed by atoms with van der Waals surface area (Å²) in [6.07, 6.45) is 0. The maximum absolute atomic E-state index is 9.31. The number of fused-ring (bicyclic) bond motifs is 3. The van der Waals surface area contributed by atoms with Crippen molar-refractivity contribution >= 4 is 38.9 Å². The van der Waals surface area contributed by atoms with E-state index in [0.29, 0.717) is 11.3 Å². The zero-order valence-corrected chi connectivity index (χ0v) is 27.2. The molecule has 2 heteroatoms. The highest BCUT2D eigenvalue weighted by Gasteiger charge is 2.17. The minimum absolute atomic E-state index is 0.0835. The van der Waals surface area contributed by atoms with Crippen molar-refractivity contribution in [3.63, 3.8) is 0 Å². The first-order chi connectivity index (χ1) is 26.5. The van der Waals surface area contributed by atoms with Gasteiger partial charge in [-0.3, -0.25) is 0 Å². The van der Waals surface area contributed by atoms with E-state index in [1.807, 2.05) is 89.8 Å². The first-order valence-corrected chi connectivity index (χ1v) is 16.8. The van der Waals surface area contributed by atoms with Crippen LogP contribution in [0, 0.1) is 0 Å². The molecule has 0 atom stereocenters. The summed E-state index contributed by atoms with van der Waals surface area (Å²) in [5.74, 6) is 0. The number of anilines is 3. The Morgan fingerprint density at radius 1 is 0.340 bits per heavy atom. The van der Waals surface area contributed by atoms with E-state index in [-0.39, 0.29) is 35.4 Å². The van der Waals surface area contributed by atoms with Crippen LogP contribution in [0.25, 0.3) is 60.9 Å². The van der Waals surface area contributed by atoms with Crippen LogP contribution < -0.4 is 4.90 Å². The van der Waals surface area contributed by atoms with Gasteiger partial charge in [0.05, 0.1) is 22.2 Å². The molecule has 0 fully saturated rings. The minimum Gasteiger partial charge on any atom is -0.311 e. The van der Waals surface area contributed by atoms with Gasteiger partial charge in [-0.2, -0.15) is 0 Å². The van der Waals surface area contributed by atoms with Crippen molar-refractivity contribution in [3.8, 4) is 39.1 Å². The van der Waals surface area contributed by atoms with Crippen LogP contribution in [-0.2, 0) is 0 Å². The van der Waals surface area contributed by atoms with Gasteiger partial charge in [-0.05, 0) is 82.4 Å². The SMILES string of the molecule is [2H]c1c([2H])c(N(c2ccc(-c3ccccc3)cc2)c2ccc(-c3ccccc3-n3c4ccccc4c4ccccc43)cc2)c([2H])c([2H])c1-c1ccccc1. The molecule has 0 amide bonds. The molecule has 0 spiro atoms. The van der Waals surface area contributed by atoms with Crippen molar-refractivity contribution in [1.29, 1.82) is 0 Å². The molecule has 1 heterocycles. The van der Waals surface area contributed by atoms with Crippen LogP contribution in [0.4, 0.5) is 17.1 Å². The Kier molecular flexibility index (Phi) is 6.48. The lowest BCUT2D eigenvalue weighted by molar-refractivity contribution is 1.18. The third-order valence-corrected chi connectivity index (χ3v) is 9.29. The van der Waals surface area contributed by atoms with Gasteiger partial charge in [-0.1, -0.05) is 152 Å². The summed E-state index contributed by atoms with van der Waals surface area (Å²) in [4.78, 5) is 1.84. The van der Waals surface area contributed by atoms with Gasteiger partial charge < -0.3 is 9.47 Å². The number of hydrogen-bond donors (Lipinski definition) is 0. The number of aromatic nitrogens is 1. The van der Waals surface area contributed by atoms with Crippen LogP contribution in [0.1, 0.15) is 5.48 Å². The molecule has 9 aromatic rings. The third-order valence-electron chi connectivity index (χ3n) is 9.29. The van der Waals surface area contributed by atoms with Crippen LogP contribution in [0.3, 0.4) is 0 Å². The van der Waals surface area contributed by atoms with Gasteiger partial charge in [0.15, 0.2) is 0 Å². The predicted molar refractivity (Wildman–Crippen MR) is 212 cm³/mol. The van der Waals surface area contributed by atoms with Crippen LogP contribution in [-0.4, -0.2) is 4.57 Å². The summed E-state index contributed by atoms with van der Waals surface area (Å²) in [5.41, 5.74) is 10.1. The van der Waals surface area contributed by atoms with Crippen molar-refractivity contribution in [2.75, 3.05) is 4.90 Å². The molecule has 0 aliphatic rings. The van der Waals surface area contributed by atoms with Crippen molar-refractivity contribution in [3.05, 3.63) is 206 Å². The largest absolute Gasteiger partial charge is 0.311 e. The number of rotatable bonds is 7. The van der Waals surface area contributed by atoms with E-state index in [0.717, 1.165) is 44.7 Å². The monoisotopic (exact) mass is 642 g/mol. The fraction of sp³-hybridized carbons (Fsp3) is 0. The molecule has 0 saturated heterocycles. The van der Waals surface area contributed by atoms with Crippen molar-refractivity contribution in [2.24, 2.45) is 0 Å². The van der Waals surface area contributed by atoms with Gasteiger partial charge in [0.2, 0.25) is 0 Å². The maximum atomic E-state index is 9.31. The number of benzene rings is 8. The first kappa shape index (κ1) is 25.4. The number of nitrogens with zero attached hydrogens (tertiary/aromatic N) is 2. The molecule has 50 heavy (non-hydrogen) atoms. The molecule has 0 radical (unpaired) electrons. The Balaban J connectivity index is 1.19. The molecule has 236 valence electrons. The van der Waals surface area contributed by atoms with Crippen LogP contribution >= 0.6 is 0 Å². The van der Waals surface area contributed by atoms with Gasteiger partial charge in [-0.15, -0.1) is 0 Å². The van der Waals surface area contributed by atoms with Gasteiger partial charge in [0.1, 0.15) is 0 Å². The van der Waals surface area contributed by atoms with Crippen LogP contribution in [0.2, 0.25) is 0 Å². The zero-order chi connectivity index (χ0) is 36.8. The van der Waals surface area contributed by atoms with E-state index in [4.69, 9.17) is 2.74 Å². The summed E-state index contributed by atoms with van der Waals surface area (Å²) in [6.45, 7) is 0. The Bertz CT molecular complexity index is 2710. The Morgan fingerprint density at radius 2 is 0.780 bits per heavy atom. The highest BCUT2D eigenvalue weighted by Crippen LogP contribution is 2.40. The molecule has 2 nitrogen and oxygen atoms in total. The number of hydrogen-bond acceptors (Lipinski definition) is 1. The quantitative estimate of drug-likeness (QED) is 0.168. The molecule has 8 aromatic carbocycles. The van der Waals surface area contributed by atoms with Gasteiger partial charge in [0.25, 0.3) is 0 Å². The zero-order valence-electron chi connectivity index (χ0n) is 31.2. The smallest absolute Gasteiger partial charge is 0.0645 e. The van der Waals surface area contributed by atoms with Crippen molar-refractivity contribution in [2.45, 2.75) is 0 Å². The van der Waals surface area contributed by atoms with E-state index in [9.17, 15) is 2.74 Å². The Hall–Kier alpha value is -6.64. The second-order valence-electron chi connectivity index (χ2n) is 12.3. The van der Waals surface area contributed by atoms with E-state index in [1.54, 1.807) is 0 Å². The molecular formula is C48H34N2. The topological polar surface area (TPSA) is 8.17 Å². The first-order valence-electron chi connectivity index (χ1n) is 18.8. The molecule has 0 unspecified atom stereocenters. The van der Waals surface area contributed by atoms with Crippen molar-refractivity contribution < 1.29 is 5.48 Å². The lowest BCUT2D eigenvalue weighted by Crippen LogP contribution is -2.09. The lowest BCUT2D eigenvalue weighted by atomic mass is 10.0. The molecule has 0 aliphatic heterocycles. The summed E-state index contributed by atoms with van der Waals surface area (Å²) in [6, 6.07) is 60.5. The van der Waals surface area contributed by atoms with Gasteiger partial charge >= 0.3 is 0 Å². The average Bonchev–Trinajstić information content (AvgIpc) is 3.57. The average molecular weight is 643 g/mol. The van der Waals surface area contributed by atoms with E-state index in [1.165, 1.54) is 10.8 Å². The molecule has 0 saturated carbocycles. The Morgan fingerprint density at radius 3 is 1.36 bits per heavy atom. The van der Waals surface area contributed by atoms with Crippen LogP contribution in [0.15, 0.2) is 206 Å². The second-order valence-corrected chi connectivity index (χ2v) is 12.3. The van der Waals surface area contributed by atoms with Crippen molar-refractivity contribution in [1.82, 2.24) is 4.57 Å². The fourth-order valence-electron chi connectivity index (χ4n) is 6.89. The second kappa shape index (κ2) is 12.8. The molecule has 0 aliphatic carbocycles. The lowest BCUT2D eigenvalue weighted by Gasteiger charge is -2.26. The highest BCUT2D eigenvalue weighted by molar-refractivity contribution is 6.09. The number of para-hydroxylation sites is 3. The summed E-state index contributed by atoms with van der Waals surface area (Å²) < 4.78 is 39.2. The highest BCUT2D eigenvalue weighted by atomic mass is 15.1. The molecule has 9 rings (SSSR count). The van der Waals surface area contributed by atoms with E-state index >= 15 is 0 Å². The molecule has 1 aromatic heterocycles. The molecular weight excluding hydrogens is 605 g/mol. The normalized spacial score (nSPS) is 12.3. The Labute approximate surface area is 298 Å². The summed E-state index contributed by atoms with van der Waals surface area (Å²) in [7, 11) is 0. The van der Waals surface area contributed by atoms with E-state index < -0.39 is 0 Å². The third kappa shape index (κ3) is 5.34. The standard InChI is InChI=1S/C48H34N2/c1-3-13-35(14-4-1)37-23-29-40(30-24-37)49(41-31-25-38(26-32-41)36-15-5-2-6-16-36)42-33-27-39(28-34-42)43-17-7-10-20-46(43)50-47-21-11-8-18-44(47)45-19-9-12-22-48(45)50/h1-34H/i23D,24D,29D,30D. The summed E-state index contributed by atoms with van der Waals surface area (Å²) in [5, 5.41) is 2.40. The molecule has 0 N–H and O–H groups in total. The van der Waals surface area contributed by atoms with Gasteiger partial charge in [-0.25, -0.2) is 0 Å². The summed E-state index contributed by atoms with van der Waals surface area (Å²) >= 11 is 0. The minimum atomic E-state index is -0.109. The molecule has 0 bridgehead atoms. The van der Waals surface area contributed by atoms with E-state index in [2.05, 4.69) is 102 Å². The maximum Gasteiger partial charge on any atom is 0.0645 e.